The lowest BCUT2D eigenvalue weighted by Crippen LogP contribution is -2.37. The van der Waals surface area contributed by atoms with Gasteiger partial charge < -0.3 is 20.7 Å². The van der Waals surface area contributed by atoms with Crippen LogP contribution >= 0.6 is 0 Å². The molecule has 1 amide bonds. The van der Waals surface area contributed by atoms with Crippen LogP contribution in [0.25, 0.3) is 0 Å². The largest absolute Gasteiger partial charge is 0.488 e. The van der Waals surface area contributed by atoms with Gasteiger partial charge in [-0.2, -0.15) is 0 Å². The number of carbonyl (C=O) groups is 1. The maximum absolute atomic E-state index is 11.8. The molecule has 156 valence electrons. The maximum atomic E-state index is 11.8. The molecule has 0 atom stereocenters. The molecule has 0 aliphatic rings. The number of carbonyl (C=O) groups excluding carboxylic acids is 1. The van der Waals surface area contributed by atoms with Gasteiger partial charge in [-0.1, -0.05) is 30.3 Å². The van der Waals surface area contributed by atoms with E-state index in [9.17, 15) is 4.79 Å². The van der Waals surface area contributed by atoms with Gasteiger partial charge in [0.15, 0.2) is 5.96 Å². The van der Waals surface area contributed by atoms with Crippen molar-refractivity contribution in [2.75, 3.05) is 13.6 Å². The molecule has 2 rings (SSSR count). The Labute approximate surface area is 173 Å². The SMILES string of the molecule is CCNC(=NCc1cccc(C(=O)NC)c1)NCc1ccccc1OC(C)(C)C. The van der Waals surface area contributed by atoms with Crippen molar-refractivity contribution in [3.05, 3.63) is 65.2 Å². The Hall–Kier alpha value is -3.02. The summed E-state index contributed by atoms with van der Waals surface area (Å²) in [5.74, 6) is 1.47. The molecular formula is C23H32N4O2. The first kappa shape index (κ1) is 22.3. The lowest BCUT2D eigenvalue weighted by Gasteiger charge is -2.23. The van der Waals surface area contributed by atoms with Crippen molar-refractivity contribution in [1.82, 2.24) is 16.0 Å². The van der Waals surface area contributed by atoms with Crippen LogP contribution in [0, 0.1) is 0 Å². The second kappa shape index (κ2) is 10.5. The van der Waals surface area contributed by atoms with E-state index in [-0.39, 0.29) is 11.5 Å². The van der Waals surface area contributed by atoms with E-state index < -0.39 is 0 Å². The number of rotatable bonds is 7. The van der Waals surface area contributed by atoms with Gasteiger partial charge in [-0.25, -0.2) is 4.99 Å². The minimum atomic E-state index is -0.259. The summed E-state index contributed by atoms with van der Waals surface area (Å²) >= 11 is 0. The molecule has 6 nitrogen and oxygen atoms in total. The summed E-state index contributed by atoms with van der Waals surface area (Å²) < 4.78 is 6.06. The standard InChI is InChI=1S/C23H32N4O2/c1-6-25-22(26-15-17-10-9-12-18(14-17)21(28)24-5)27-16-19-11-7-8-13-20(19)29-23(2,3)4/h7-14H,6,15-16H2,1-5H3,(H,24,28)(H2,25,26,27). The van der Waals surface area contributed by atoms with Crippen molar-refractivity contribution in [1.29, 1.82) is 0 Å². The minimum Gasteiger partial charge on any atom is -0.488 e. The van der Waals surface area contributed by atoms with E-state index in [1.165, 1.54) is 0 Å². The molecule has 29 heavy (non-hydrogen) atoms. The fourth-order valence-corrected chi connectivity index (χ4v) is 2.73. The third-order valence-corrected chi connectivity index (χ3v) is 4.02. The average molecular weight is 397 g/mol. The van der Waals surface area contributed by atoms with Crippen molar-refractivity contribution < 1.29 is 9.53 Å². The second-order valence-electron chi connectivity index (χ2n) is 7.65. The zero-order valence-electron chi connectivity index (χ0n) is 18.0. The summed E-state index contributed by atoms with van der Waals surface area (Å²) in [6.07, 6.45) is 0. The molecule has 0 aliphatic heterocycles. The van der Waals surface area contributed by atoms with Crippen molar-refractivity contribution in [3.8, 4) is 5.75 Å². The average Bonchev–Trinajstić information content (AvgIpc) is 2.69. The van der Waals surface area contributed by atoms with Crippen LogP contribution in [0.4, 0.5) is 0 Å². The zero-order chi connectivity index (χ0) is 21.3. The Morgan fingerprint density at radius 2 is 1.83 bits per heavy atom. The molecule has 0 spiro atoms. The summed E-state index contributed by atoms with van der Waals surface area (Å²) in [5.41, 5.74) is 2.41. The normalized spacial score (nSPS) is 11.7. The van der Waals surface area contributed by atoms with E-state index >= 15 is 0 Å². The molecule has 0 saturated carbocycles. The van der Waals surface area contributed by atoms with Crippen molar-refractivity contribution in [2.24, 2.45) is 4.99 Å². The molecule has 0 bridgehead atoms. The molecule has 0 fully saturated rings. The Balaban J connectivity index is 2.08. The number of hydrogen-bond donors (Lipinski definition) is 3. The van der Waals surface area contributed by atoms with E-state index in [4.69, 9.17) is 4.74 Å². The van der Waals surface area contributed by atoms with Crippen LogP contribution in [0.3, 0.4) is 0 Å². The Kier molecular flexibility index (Phi) is 8.07. The monoisotopic (exact) mass is 396 g/mol. The first-order valence-corrected chi connectivity index (χ1v) is 9.92. The highest BCUT2D eigenvalue weighted by molar-refractivity contribution is 5.94. The number of hydrogen-bond acceptors (Lipinski definition) is 3. The predicted octanol–water partition coefficient (Wildman–Crippen LogP) is 3.48. The predicted molar refractivity (Wildman–Crippen MR) is 118 cm³/mol. The Morgan fingerprint density at radius 3 is 2.52 bits per heavy atom. The van der Waals surface area contributed by atoms with E-state index in [1.54, 1.807) is 13.1 Å². The lowest BCUT2D eigenvalue weighted by molar-refractivity contribution is 0.0963. The van der Waals surface area contributed by atoms with Gasteiger partial charge in [0.25, 0.3) is 5.91 Å². The maximum Gasteiger partial charge on any atom is 0.251 e. The van der Waals surface area contributed by atoms with Crippen molar-refractivity contribution >= 4 is 11.9 Å². The van der Waals surface area contributed by atoms with Gasteiger partial charge in [0.2, 0.25) is 0 Å². The van der Waals surface area contributed by atoms with Gasteiger partial charge >= 0.3 is 0 Å². The van der Waals surface area contributed by atoms with Crippen LogP contribution in [0.1, 0.15) is 49.2 Å². The van der Waals surface area contributed by atoms with E-state index in [2.05, 4.69) is 20.9 Å². The van der Waals surface area contributed by atoms with E-state index in [0.29, 0.717) is 24.6 Å². The number of amides is 1. The summed E-state index contributed by atoms with van der Waals surface area (Å²) in [4.78, 5) is 16.5. The first-order valence-electron chi connectivity index (χ1n) is 9.92. The zero-order valence-corrected chi connectivity index (χ0v) is 18.0. The topological polar surface area (TPSA) is 74.8 Å². The van der Waals surface area contributed by atoms with Crippen LogP contribution in [0.15, 0.2) is 53.5 Å². The van der Waals surface area contributed by atoms with Crippen LogP contribution in [0.5, 0.6) is 5.75 Å². The van der Waals surface area contributed by atoms with Gasteiger partial charge in [-0.05, 0) is 51.5 Å². The molecule has 6 heteroatoms. The number of aliphatic imine (C=N–C) groups is 1. The van der Waals surface area contributed by atoms with E-state index in [0.717, 1.165) is 23.4 Å². The molecule has 0 heterocycles. The van der Waals surface area contributed by atoms with Gasteiger partial charge in [0.1, 0.15) is 11.4 Å². The fourth-order valence-electron chi connectivity index (χ4n) is 2.73. The molecule has 0 aliphatic carbocycles. The van der Waals surface area contributed by atoms with Crippen molar-refractivity contribution in [3.63, 3.8) is 0 Å². The molecule has 2 aromatic carbocycles. The van der Waals surface area contributed by atoms with Crippen LogP contribution < -0.4 is 20.7 Å². The minimum absolute atomic E-state index is 0.101. The number of guanidine groups is 1. The molecule has 0 radical (unpaired) electrons. The smallest absolute Gasteiger partial charge is 0.251 e. The molecule has 0 unspecified atom stereocenters. The number of benzene rings is 2. The summed E-state index contributed by atoms with van der Waals surface area (Å²) in [6.45, 7) is 9.96. The van der Waals surface area contributed by atoms with Gasteiger partial charge in [-0.3, -0.25) is 4.79 Å². The fraction of sp³-hybridized carbons (Fsp3) is 0.391. The molecule has 3 N–H and O–H groups in total. The summed E-state index contributed by atoms with van der Waals surface area (Å²) in [7, 11) is 1.63. The molecule has 0 aromatic heterocycles. The van der Waals surface area contributed by atoms with Gasteiger partial charge in [-0.15, -0.1) is 0 Å². The lowest BCUT2D eigenvalue weighted by atomic mass is 10.1. The molecule has 2 aromatic rings. The number of nitrogens with one attached hydrogen (secondary N) is 3. The third-order valence-electron chi connectivity index (χ3n) is 4.02. The molecular weight excluding hydrogens is 364 g/mol. The van der Waals surface area contributed by atoms with Crippen LogP contribution in [-0.2, 0) is 13.1 Å². The van der Waals surface area contributed by atoms with Gasteiger partial charge in [0, 0.05) is 31.3 Å². The van der Waals surface area contributed by atoms with E-state index in [1.807, 2.05) is 70.2 Å². The van der Waals surface area contributed by atoms with Crippen LogP contribution in [0.2, 0.25) is 0 Å². The first-order chi connectivity index (χ1) is 13.8. The quantitative estimate of drug-likeness (QED) is 0.495. The van der Waals surface area contributed by atoms with Crippen molar-refractivity contribution in [2.45, 2.75) is 46.4 Å². The number of ether oxygens (including phenoxy) is 1. The highest BCUT2D eigenvalue weighted by Gasteiger charge is 2.14. The summed E-state index contributed by atoms with van der Waals surface area (Å²) in [6, 6.07) is 15.5. The van der Waals surface area contributed by atoms with Gasteiger partial charge in [0.05, 0.1) is 6.54 Å². The second-order valence-corrected chi connectivity index (χ2v) is 7.65. The highest BCUT2D eigenvalue weighted by atomic mass is 16.5. The summed E-state index contributed by atoms with van der Waals surface area (Å²) in [5, 5.41) is 9.26. The highest BCUT2D eigenvalue weighted by Crippen LogP contribution is 2.22. The third kappa shape index (κ3) is 7.49. The molecule has 0 saturated heterocycles. The number of para-hydroxylation sites is 1. The number of nitrogens with zero attached hydrogens (tertiary/aromatic N) is 1. The Bertz CT molecular complexity index is 841. The Morgan fingerprint density at radius 1 is 1.07 bits per heavy atom. The van der Waals surface area contributed by atoms with Crippen LogP contribution in [-0.4, -0.2) is 31.1 Å².